The lowest BCUT2D eigenvalue weighted by Crippen LogP contribution is -2.27. The first kappa shape index (κ1) is 41.4. The van der Waals surface area contributed by atoms with E-state index >= 15 is 0 Å². The summed E-state index contributed by atoms with van der Waals surface area (Å²) in [5.41, 5.74) is 0. The van der Waals surface area contributed by atoms with Crippen molar-refractivity contribution in [3.8, 4) is 0 Å². The molecule has 1 atom stereocenters. The Morgan fingerprint density at radius 2 is 0.977 bits per heavy atom. The van der Waals surface area contributed by atoms with Crippen LogP contribution in [0.2, 0.25) is 0 Å². The molecule has 1 N–H and O–H groups in total. The molecule has 0 aliphatic heterocycles. The van der Waals surface area contributed by atoms with Crippen LogP contribution in [0, 0.1) is 0 Å². The molecule has 0 aromatic carbocycles. The van der Waals surface area contributed by atoms with E-state index < -0.39 is 6.10 Å². The average molecular weight is 603 g/mol. The van der Waals surface area contributed by atoms with Crippen LogP contribution in [0.3, 0.4) is 0 Å². The lowest BCUT2D eigenvalue weighted by Gasteiger charge is -2.15. The number of allylic oxidation sites excluding steroid dienone is 8. The van der Waals surface area contributed by atoms with Crippen LogP contribution in [-0.2, 0) is 14.3 Å². The fourth-order valence-electron chi connectivity index (χ4n) is 4.86. The summed E-state index contributed by atoms with van der Waals surface area (Å²) in [5, 5.41) is 9.55. The van der Waals surface area contributed by atoms with E-state index in [4.69, 9.17) is 9.47 Å². The van der Waals surface area contributed by atoms with Crippen molar-refractivity contribution in [3.63, 3.8) is 0 Å². The summed E-state index contributed by atoms with van der Waals surface area (Å²) in [4.78, 5) is 12.1. The van der Waals surface area contributed by atoms with Gasteiger partial charge in [0.15, 0.2) is 0 Å². The predicted octanol–water partition coefficient (Wildman–Crippen LogP) is 11.5. The highest BCUT2D eigenvalue weighted by atomic mass is 16.6. The number of aliphatic hydroxyl groups excluding tert-OH is 1. The molecule has 250 valence electrons. The molecule has 0 aliphatic carbocycles. The number of aliphatic hydroxyl groups is 1. The fraction of sp³-hybridized carbons (Fsp3) is 0.769. The van der Waals surface area contributed by atoms with Crippen LogP contribution in [0.4, 0.5) is 0 Å². The van der Waals surface area contributed by atoms with Gasteiger partial charge >= 0.3 is 5.97 Å². The van der Waals surface area contributed by atoms with E-state index in [1.54, 1.807) is 0 Å². The molecule has 0 rings (SSSR count). The van der Waals surface area contributed by atoms with E-state index in [9.17, 15) is 9.90 Å². The highest BCUT2D eigenvalue weighted by Crippen LogP contribution is 2.11. The van der Waals surface area contributed by atoms with Gasteiger partial charge in [-0.25, -0.2) is 0 Å². The molecule has 0 aromatic heterocycles. The summed E-state index contributed by atoms with van der Waals surface area (Å²) in [6, 6.07) is 0. The number of ether oxygens (including phenoxy) is 2. The van der Waals surface area contributed by atoms with Gasteiger partial charge in [0.2, 0.25) is 0 Å². The summed E-state index contributed by atoms with van der Waals surface area (Å²) in [7, 11) is 0. The van der Waals surface area contributed by atoms with Crippen LogP contribution in [0.25, 0.3) is 0 Å². The minimum Gasteiger partial charge on any atom is -0.457 e. The number of esters is 1. The molecule has 0 aromatic rings. The maximum absolute atomic E-state index is 12.1. The summed E-state index contributed by atoms with van der Waals surface area (Å²) in [5.74, 6) is -0.220. The first-order chi connectivity index (χ1) is 21.2. The van der Waals surface area contributed by atoms with Crippen molar-refractivity contribution < 1.29 is 19.4 Å². The zero-order chi connectivity index (χ0) is 31.3. The number of unbranched alkanes of at least 4 members (excludes halogenated alkanes) is 17. The molecule has 1 unspecified atom stereocenters. The smallest absolute Gasteiger partial charge is 0.306 e. The number of hydrogen-bond acceptors (Lipinski definition) is 4. The predicted molar refractivity (Wildman–Crippen MR) is 187 cm³/mol. The summed E-state index contributed by atoms with van der Waals surface area (Å²) in [6.07, 6.45) is 45.7. The lowest BCUT2D eigenvalue weighted by molar-refractivity contribution is -0.154. The van der Waals surface area contributed by atoms with Gasteiger partial charge in [-0.3, -0.25) is 4.79 Å². The SMILES string of the molecule is CCCCC/C=C\C/C=C\CCCCCCCCOCC(CO)OC(=O)CCCCCCC/C=C\C/C=C\CCCCC. The Morgan fingerprint density at radius 3 is 1.44 bits per heavy atom. The Bertz CT molecular complexity index is 679. The van der Waals surface area contributed by atoms with E-state index in [0.717, 1.165) is 51.4 Å². The normalized spacial score (nSPS) is 12.9. The van der Waals surface area contributed by atoms with Gasteiger partial charge in [0, 0.05) is 13.0 Å². The molecular formula is C39H70O4. The second-order valence-electron chi connectivity index (χ2n) is 11.9. The summed E-state index contributed by atoms with van der Waals surface area (Å²) < 4.78 is 11.1. The molecule has 0 bridgehead atoms. The summed E-state index contributed by atoms with van der Waals surface area (Å²) >= 11 is 0. The monoisotopic (exact) mass is 603 g/mol. The van der Waals surface area contributed by atoms with Crippen molar-refractivity contribution >= 4 is 5.97 Å². The first-order valence-corrected chi connectivity index (χ1v) is 18.2. The van der Waals surface area contributed by atoms with Crippen LogP contribution >= 0.6 is 0 Å². The number of carbonyl (C=O) groups is 1. The maximum atomic E-state index is 12.1. The third-order valence-electron chi connectivity index (χ3n) is 7.63. The van der Waals surface area contributed by atoms with E-state index in [2.05, 4.69) is 62.5 Å². The Kier molecular flexibility index (Phi) is 35.1. The maximum Gasteiger partial charge on any atom is 0.306 e. The molecule has 0 radical (unpaired) electrons. The van der Waals surface area contributed by atoms with E-state index in [1.165, 1.54) is 96.3 Å². The van der Waals surface area contributed by atoms with Gasteiger partial charge in [-0.2, -0.15) is 0 Å². The molecule has 0 saturated heterocycles. The van der Waals surface area contributed by atoms with Crippen molar-refractivity contribution in [3.05, 3.63) is 48.6 Å². The number of carbonyl (C=O) groups excluding carboxylic acids is 1. The average Bonchev–Trinajstić information content (AvgIpc) is 3.01. The number of hydrogen-bond donors (Lipinski definition) is 1. The van der Waals surface area contributed by atoms with Crippen molar-refractivity contribution in [1.82, 2.24) is 0 Å². The Hall–Kier alpha value is -1.65. The quantitative estimate of drug-likeness (QED) is 0.0461. The van der Waals surface area contributed by atoms with Gasteiger partial charge in [0.05, 0.1) is 13.2 Å². The second kappa shape index (κ2) is 36.5. The molecule has 43 heavy (non-hydrogen) atoms. The van der Waals surface area contributed by atoms with Gasteiger partial charge in [-0.05, 0) is 77.0 Å². The molecule has 0 aliphatic rings. The molecular weight excluding hydrogens is 532 g/mol. The molecule has 0 fully saturated rings. The van der Waals surface area contributed by atoms with E-state index in [-0.39, 0.29) is 19.2 Å². The van der Waals surface area contributed by atoms with Gasteiger partial charge in [0.1, 0.15) is 6.10 Å². The van der Waals surface area contributed by atoms with Crippen LogP contribution in [-0.4, -0.2) is 37.0 Å². The van der Waals surface area contributed by atoms with Crippen LogP contribution in [0.1, 0.15) is 168 Å². The third kappa shape index (κ3) is 34.7. The number of rotatable bonds is 33. The molecule has 0 spiro atoms. The topological polar surface area (TPSA) is 55.8 Å². The molecule has 4 heteroatoms. The first-order valence-electron chi connectivity index (χ1n) is 18.2. The van der Waals surface area contributed by atoms with Crippen molar-refractivity contribution in [2.75, 3.05) is 19.8 Å². The highest BCUT2D eigenvalue weighted by Gasteiger charge is 2.13. The van der Waals surface area contributed by atoms with Crippen molar-refractivity contribution in [1.29, 1.82) is 0 Å². The molecule has 4 nitrogen and oxygen atoms in total. The Morgan fingerprint density at radius 1 is 0.558 bits per heavy atom. The Labute approximate surface area is 267 Å². The zero-order valence-corrected chi connectivity index (χ0v) is 28.5. The summed E-state index contributed by atoms with van der Waals surface area (Å²) in [6.45, 7) is 5.25. The zero-order valence-electron chi connectivity index (χ0n) is 28.5. The van der Waals surface area contributed by atoms with E-state index in [1.807, 2.05) is 0 Å². The minimum absolute atomic E-state index is 0.183. The standard InChI is InChI=1S/C39H70O4/c1-3-5-7-9-11-13-15-17-19-21-23-25-27-29-31-33-35-42-37-38(36-40)43-39(41)34-32-30-28-26-24-22-20-18-16-14-12-10-8-6-4-2/h11-14,17-20,38,40H,3-10,15-16,21-37H2,1-2H3/b13-11-,14-12-,19-17-,20-18-. The van der Waals surface area contributed by atoms with Gasteiger partial charge < -0.3 is 14.6 Å². The third-order valence-corrected chi connectivity index (χ3v) is 7.63. The largest absolute Gasteiger partial charge is 0.457 e. The molecule has 0 amide bonds. The molecule has 0 saturated carbocycles. The van der Waals surface area contributed by atoms with Crippen LogP contribution in [0.15, 0.2) is 48.6 Å². The van der Waals surface area contributed by atoms with Crippen LogP contribution < -0.4 is 0 Å². The highest BCUT2D eigenvalue weighted by molar-refractivity contribution is 5.69. The molecule has 0 heterocycles. The van der Waals surface area contributed by atoms with Crippen molar-refractivity contribution in [2.24, 2.45) is 0 Å². The lowest BCUT2D eigenvalue weighted by atomic mass is 10.1. The second-order valence-corrected chi connectivity index (χ2v) is 11.9. The van der Waals surface area contributed by atoms with Gasteiger partial charge in [0.25, 0.3) is 0 Å². The van der Waals surface area contributed by atoms with Crippen LogP contribution in [0.5, 0.6) is 0 Å². The van der Waals surface area contributed by atoms with E-state index in [0.29, 0.717) is 13.0 Å². The minimum atomic E-state index is -0.546. The van der Waals surface area contributed by atoms with Crippen molar-refractivity contribution in [2.45, 2.75) is 174 Å². The Balaban J connectivity index is 3.51. The van der Waals surface area contributed by atoms with Gasteiger partial charge in [-0.1, -0.05) is 133 Å². The fourth-order valence-corrected chi connectivity index (χ4v) is 4.86. The van der Waals surface area contributed by atoms with Gasteiger partial charge in [-0.15, -0.1) is 0 Å².